The van der Waals surface area contributed by atoms with Gasteiger partial charge >= 0.3 is 0 Å². The number of fused-ring (bicyclic) bond motifs is 1. The van der Waals surface area contributed by atoms with Crippen LogP contribution >= 0.6 is 11.8 Å². The largest absolute Gasteiger partial charge is 0.397 e. The molecule has 3 rings (SSSR count). The molecule has 0 aliphatic carbocycles. The Morgan fingerprint density at radius 2 is 1.75 bits per heavy atom. The molecule has 1 aliphatic rings. The van der Waals surface area contributed by atoms with Gasteiger partial charge in [-0.15, -0.1) is 11.8 Å². The van der Waals surface area contributed by atoms with Crippen LogP contribution in [0.15, 0.2) is 81.3 Å². The van der Waals surface area contributed by atoms with Gasteiger partial charge in [0.05, 0.1) is 17.1 Å². The molecule has 0 atom stereocenters. The number of amidine groups is 1. The number of anilines is 2. The summed E-state index contributed by atoms with van der Waals surface area (Å²) in [7, 11) is 0. The summed E-state index contributed by atoms with van der Waals surface area (Å²) in [6.07, 6.45) is 7.76. The zero-order valence-electron chi connectivity index (χ0n) is 19.9. The number of nitrogens with zero attached hydrogens (tertiary/aromatic N) is 2. The molecule has 0 bridgehead atoms. The topological polar surface area (TPSA) is 103 Å². The zero-order valence-corrected chi connectivity index (χ0v) is 20.7. The van der Waals surface area contributed by atoms with Gasteiger partial charge in [0, 0.05) is 40.5 Å². The second-order valence-electron chi connectivity index (χ2n) is 6.43. The summed E-state index contributed by atoms with van der Waals surface area (Å²) < 4.78 is 0. The molecule has 2 aromatic carbocycles. The SMILES string of the molecule is C/C=C(\C/C=C\CC1=Nc2ccccc2SC1)N=C(N)c1ccc(N)c(N)c1.CC.CC. The normalized spacial score (nSPS) is 13.3. The van der Waals surface area contributed by atoms with Crippen molar-refractivity contribution < 1.29 is 0 Å². The molecule has 0 saturated carbocycles. The second-order valence-corrected chi connectivity index (χ2v) is 7.45. The Labute approximate surface area is 197 Å². The van der Waals surface area contributed by atoms with Gasteiger partial charge < -0.3 is 17.2 Å². The summed E-state index contributed by atoms with van der Waals surface area (Å²) in [4.78, 5) is 10.5. The highest BCUT2D eigenvalue weighted by atomic mass is 32.2. The lowest BCUT2D eigenvalue weighted by Crippen LogP contribution is -2.14. The first-order chi connectivity index (χ1) is 15.6. The minimum Gasteiger partial charge on any atom is -0.397 e. The average molecular weight is 452 g/mol. The van der Waals surface area contributed by atoms with Crippen LogP contribution in [0.25, 0.3) is 0 Å². The number of nitrogen functional groups attached to an aromatic ring is 2. The van der Waals surface area contributed by atoms with Crippen LogP contribution in [0.3, 0.4) is 0 Å². The second kappa shape index (κ2) is 14.9. The van der Waals surface area contributed by atoms with E-state index in [4.69, 9.17) is 22.2 Å². The van der Waals surface area contributed by atoms with Crippen molar-refractivity contribution in [2.75, 3.05) is 17.2 Å². The Morgan fingerprint density at radius 3 is 2.44 bits per heavy atom. The smallest absolute Gasteiger partial charge is 0.131 e. The number of hydrogen-bond donors (Lipinski definition) is 3. The van der Waals surface area contributed by atoms with E-state index in [1.807, 2.05) is 64.6 Å². The fraction of sp³-hybridized carbons (Fsp3) is 0.308. The van der Waals surface area contributed by atoms with Crippen LogP contribution in [-0.4, -0.2) is 17.3 Å². The van der Waals surface area contributed by atoms with Gasteiger partial charge in [-0.2, -0.15) is 0 Å². The van der Waals surface area contributed by atoms with Gasteiger partial charge in [0.1, 0.15) is 5.84 Å². The van der Waals surface area contributed by atoms with Gasteiger partial charge in [-0.3, -0.25) is 4.99 Å². The first-order valence-electron chi connectivity index (χ1n) is 11.1. The molecule has 0 saturated heterocycles. The van der Waals surface area contributed by atoms with Gasteiger partial charge in [-0.1, -0.05) is 58.1 Å². The van der Waals surface area contributed by atoms with E-state index in [-0.39, 0.29) is 0 Å². The van der Waals surface area contributed by atoms with Crippen LogP contribution in [-0.2, 0) is 0 Å². The standard InChI is InChI=1S/C22H25N5S.2C2H6/c1-2-16(27-22(25)15-11-12-18(23)19(24)13-15)7-3-4-8-17-14-28-21-10-6-5-9-20(21)26-17;2*1-2/h2-6,9-13H,7-8,14,23-24H2,1H3,(H2,25,27);2*1-2H3/b4-3-,16-2+;;. The third-order valence-corrected chi connectivity index (χ3v) is 5.50. The number of rotatable bonds is 6. The third kappa shape index (κ3) is 8.27. The summed E-state index contributed by atoms with van der Waals surface area (Å²) in [5.41, 5.74) is 22.7. The maximum absolute atomic E-state index is 6.12. The first-order valence-corrected chi connectivity index (χ1v) is 12.1. The number of para-hydroxylation sites is 1. The molecular weight excluding hydrogens is 414 g/mol. The molecule has 0 spiro atoms. The Morgan fingerprint density at radius 1 is 1.03 bits per heavy atom. The van der Waals surface area contributed by atoms with Crippen LogP contribution in [0.5, 0.6) is 0 Å². The fourth-order valence-electron chi connectivity index (χ4n) is 2.74. The highest BCUT2D eigenvalue weighted by Crippen LogP contribution is 2.33. The first kappa shape index (κ1) is 27.0. The Bertz CT molecular complexity index is 974. The van der Waals surface area contributed by atoms with Crippen molar-refractivity contribution in [3.05, 3.63) is 72.0 Å². The summed E-state index contributed by atoms with van der Waals surface area (Å²) >= 11 is 1.84. The molecule has 2 aromatic rings. The average Bonchev–Trinajstić information content (AvgIpc) is 2.85. The van der Waals surface area contributed by atoms with Crippen LogP contribution in [0, 0.1) is 0 Å². The summed E-state index contributed by atoms with van der Waals surface area (Å²) in [6.45, 7) is 9.95. The van der Waals surface area contributed by atoms with Crippen molar-refractivity contribution in [1.29, 1.82) is 0 Å². The maximum atomic E-state index is 6.12. The van der Waals surface area contributed by atoms with Crippen molar-refractivity contribution in [2.45, 2.75) is 52.4 Å². The molecule has 0 unspecified atom stereocenters. The van der Waals surface area contributed by atoms with E-state index >= 15 is 0 Å². The number of nitrogens with two attached hydrogens (primary N) is 3. The van der Waals surface area contributed by atoms with E-state index < -0.39 is 0 Å². The van der Waals surface area contributed by atoms with Crippen LogP contribution in [0.1, 0.15) is 53.0 Å². The summed E-state index contributed by atoms with van der Waals surface area (Å²) in [6, 6.07) is 13.6. The molecule has 1 heterocycles. The van der Waals surface area contributed by atoms with E-state index in [1.165, 1.54) is 10.6 Å². The van der Waals surface area contributed by atoms with Crippen LogP contribution in [0.2, 0.25) is 0 Å². The highest BCUT2D eigenvalue weighted by Gasteiger charge is 2.10. The molecular formula is C26H37N5S. The lowest BCUT2D eigenvalue weighted by molar-refractivity contribution is 1.14. The minimum atomic E-state index is 0.429. The van der Waals surface area contributed by atoms with Gasteiger partial charge in [0.15, 0.2) is 0 Å². The Kier molecular flexibility index (Phi) is 12.6. The lowest BCUT2D eigenvalue weighted by atomic mass is 10.1. The summed E-state index contributed by atoms with van der Waals surface area (Å²) in [5, 5.41) is 0. The monoisotopic (exact) mass is 451 g/mol. The molecule has 5 nitrogen and oxygen atoms in total. The van der Waals surface area contributed by atoms with Crippen molar-refractivity contribution in [2.24, 2.45) is 15.7 Å². The molecule has 0 amide bonds. The van der Waals surface area contributed by atoms with E-state index in [9.17, 15) is 0 Å². The zero-order chi connectivity index (χ0) is 23.9. The number of thioether (sulfide) groups is 1. The van der Waals surface area contributed by atoms with Gasteiger partial charge in [0.25, 0.3) is 0 Å². The maximum Gasteiger partial charge on any atom is 0.131 e. The van der Waals surface area contributed by atoms with Crippen molar-refractivity contribution >= 4 is 40.4 Å². The predicted molar refractivity (Wildman–Crippen MR) is 145 cm³/mol. The van der Waals surface area contributed by atoms with E-state index in [2.05, 4.69) is 35.3 Å². The molecule has 32 heavy (non-hydrogen) atoms. The molecule has 6 heteroatoms. The minimum absolute atomic E-state index is 0.429. The van der Waals surface area contributed by atoms with E-state index in [0.29, 0.717) is 23.6 Å². The Balaban J connectivity index is 0.00000121. The van der Waals surface area contributed by atoms with Gasteiger partial charge in [-0.05, 0) is 37.3 Å². The number of benzene rings is 2. The molecule has 0 fully saturated rings. The molecule has 172 valence electrons. The molecule has 6 N–H and O–H groups in total. The van der Waals surface area contributed by atoms with Crippen molar-refractivity contribution in [3.63, 3.8) is 0 Å². The van der Waals surface area contributed by atoms with Crippen molar-refractivity contribution in [1.82, 2.24) is 0 Å². The lowest BCUT2D eigenvalue weighted by Gasteiger charge is -2.13. The quantitative estimate of drug-likeness (QED) is 0.196. The van der Waals surface area contributed by atoms with Crippen molar-refractivity contribution in [3.8, 4) is 0 Å². The third-order valence-electron chi connectivity index (χ3n) is 4.37. The summed E-state index contributed by atoms with van der Waals surface area (Å²) in [5.74, 6) is 1.36. The van der Waals surface area contributed by atoms with Gasteiger partial charge in [0.2, 0.25) is 0 Å². The van der Waals surface area contributed by atoms with Crippen LogP contribution in [0.4, 0.5) is 17.1 Å². The molecule has 0 aromatic heterocycles. The van der Waals surface area contributed by atoms with Gasteiger partial charge in [-0.25, -0.2) is 4.99 Å². The Hall–Kier alpha value is -2.99. The highest BCUT2D eigenvalue weighted by molar-refractivity contribution is 8.00. The number of allylic oxidation sites excluding steroid dienone is 3. The molecule has 0 radical (unpaired) electrons. The molecule has 1 aliphatic heterocycles. The predicted octanol–water partition coefficient (Wildman–Crippen LogP) is 6.73. The fourth-order valence-corrected chi connectivity index (χ4v) is 3.69. The number of hydrogen-bond acceptors (Lipinski definition) is 5. The van der Waals surface area contributed by atoms with Crippen LogP contribution < -0.4 is 17.2 Å². The van der Waals surface area contributed by atoms with E-state index in [0.717, 1.165) is 29.1 Å². The van der Waals surface area contributed by atoms with E-state index in [1.54, 1.807) is 12.1 Å². The number of aliphatic imine (C=N–C) groups is 2.